The van der Waals surface area contributed by atoms with Crippen molar-refractivity contribution in [3.05, 3.63) is 58.6 Å². The minimum Gasteiger partial charge on any atom is -0.435 e. The molecule has 0 bridgehead atoms. The van der Waals surface area contributed by atoms with Crippen LogP contribution in [-0.2, 0) is 4.79 Å². The van der Waals surface area contributed by atoms with Gasteiger partial charge in [-0.15, -0.1) is 0 Å². The molecule has 0 saturated heterocycles. The highest BCUT2D eigenvalue weighted by atomic mass is 79.9. The Morgan fingerprint density at radius 1 is 1.08 bits per heavy atom. The zero-order valence-electron chi connectivity index (χ0n) is 13.8. The molecule has 2 atom stereocenters. The van der Waals surface area contributed by atoms with Crippen LogP contribution in [-0.4, -0.2) is 18.6 Å². The molecule has 25 heavy (non-hydrogen) atoms. The molecule has 2 N–H and O–H groups in total. The maximum Gasteiger partial charge on any atom is 0.387 e. The molecule has 2 aromatic rings. The van der Waals surface area contributed by atoms with Crippen molar-refractivity contribution in [1.29, 1.82) is 0 Å². The second-order valence-electron chi connectivity index (χ2n) is 5.53. The number of para-hydroxylation sites is 1. The predicted octanol–water partition coefficient (Wildman–Crippen LogP) is 4.73. The molecule has 0 fully saturated rings. The van der Waals surface area contributed by atoms with Crippen molar-refractivity contribution in [3.63, 3.8) is 0 Å². The highest BCUT2D eigenvalue weighted by molar-refractivity contribution is 9.10. The molecule has 2 aromatic carbocycles. The lowest BCUT2D eigenvalue weighted by Gasteiger charge is -2.20. The summed E-state index contributed by atoms with van der Waals surface area (Å²) in [4.78, 5) is 12.3. The van der Waals surface area contributed by atoms with E-state index in [1.54, 1.807) is 25.1 Å². The van der Waals surface area contributed by atoms with E-state index in [4.69, 9.17) is 0 Å². The van der Waals surface area contributed by atoms with Crippen LogP contribution in [0.5, 0.6) is 5.75 Å². The van der Waals surface area contributed by atoms with E-state index < -0.39 is 12.7 Å². The first-order valence-corrected chi connectivity index (χ1v) is 8.52. The lowest BCUT2D eigenvalue weighted by Crippen LogP contribution is -2.39. The number of rotatable bonds is 7. The molecule has 0 aliphatic rings. The number of alkyl halides is 2. The number of carbonyl (C=O) groups is 1. The van der Waals surface area contributed by atoms with Crippen molar-refractivity contribution < 1.29 is 18.3 Å². The summed E-state index contributed by atoms with van der Waals surface area (Å²) in [5.74, 6) is -0.0675. The van der Waals surface area contributed by atoms with Crippen LogP contribution in [0.2, 0.25) is 0 Å². The van der Waals surface area contributed by atoms with Crippen LogP contribution in [0.15, 0.2) is 53.0 Å². The molecular weight excluding hydrogens is 394 g/mol. The number of halogens is 3. The Kier molecular flexibility index (Phi) is 6.90. The van der Waals surface area contributed by atoms with Gasteiger partial charge in [-0.3, -0.25) is 10.1 Å². The van der Waals surface area contributed by atoms with E-state index in [1.807, 2.05) is 25.1 Å². The highest BCUT2D eigenvalue weighted by Gasteiger charge is 2.17. The Morgan fingerprint density at radius 2 is 1.72 bits per heavy atom. The third-order valence-electron chi connectivity index (χ3n) is 3.63. The van der Waals surface area contributed by atoms with Crippen LogP contribution in [0.25, 0.3) is 0 Å². The smallest absolute Gasteiger partial charge is 0.387 e. The summed E-state index contributed by atoms with van der Waals surface area (Å²) in [5.41, 5.74) is 1.56. The maximum absolute atomic E-state index is 12.3. The van der Waals surface area contributed by atoms with Gasteiger partial charge in [-0.25, -0.2) is 0 Å². The fraction of sp³-hybridized carbons (Fsp3) is 0.278. The van der Waals surface area contributed by atoms with Crippen molar-refractivity contribution in [1.82, 2.24) is 5.32 Å². The van der Waals surface area contributed by atoms with Crippen molar-refractivity contribution in [2.45, 2.75) is 32.5 Å². The largest absolute Gasteiger partial charge is 0.435 e. The molecule has 0 aromatic heterocycles. The zero-order chi connectivity index (χ0) is 18.4. The summed E-state index contributed by atoms with van der Waals surface area (Å²) in [6.07, 6.45) is 0. The third-order valence-corrected chi connectivity index (χ3v) is 4.32. The van der Waals surface area contributed by atoms with Crippen molar-refractivity contribution in [2.75, 3.05) is 5.32 Å². The normalized spacial score (nSPS) is 13.4. The first-order valence-electron chi connectivity index (χ1n) is 7.73. The highest BCUT2D eigenvalue weighted by Crippen LogP contribution is 2.22. The molecule has 0 heterocycles. The summed E-state index contributed by atoms with van der Waals surface area (Å²) >= 11 is 3.38. The monoisotopic (exact) mass is 412 g/mol. The molecule has 0 spiro atoms. The number of hydrogen-bond donors (Lipinski definition) is 2. The van der Waals surface area contributed by atoms with Crippen LogP contribution >= 0.6 is 15.9 Å². The number of ether oxygens (including phenoxy) is 1. The molecule has 1 amide bonds. The maximum atomic E-state index is 12.3. The average molecular weight is 413 g/mol. The van der Waals surface area contributed by atoms with Gasteiger partial charge < -0.3 is 10.1 Å². The zero-order valence-corrected chi connectivity index (χ0v) is 15.4. The van der Waals surface area contributed by atoms with Crippen LogP contribution in [0.4, 0.5) is 14.5 Å². The van der Waals surface area contributed by atoms with Crippen LogP contribution in [0, 0.1) is 0 Å². The molecule has 0 saturated carbocycles. The number of carbonyl (C=O) groups excluding carboxylic acids is 1. The van der Waals surface area contributed by atoms with Crippen LogP contribution < -0.4 is 15.4 Å². The molecule has 2 unspecified atom stereocenters. The first kappa shape index (κ1) is 19.3. The molecule has 134 valence electrons. The summed E-state index contributed by atoms with van der Waals surface area (Å²) in [6, 6.07) is 13.1. The van der Waals surface area contributed by atoms with Crippen molar-refractivity contribution in [3.8, 4) is 5.75 Å². The van der Waals surface area contributed by atoms with Crippen molar-refractivity contribution in [2.24, 2.45) is 0 Å². The molecule has 7 heteroatoms. The van der Waals surface area contributed by atoms with Gasteiger partial charge in [-0.2, -0.15) is 8.78 Å². The van der Waals surface area contributed by atoms with Gasteiger partial charge in [0.1, 0.15) is 5.75 Å². The number of amides is 1. The first-order chi connectivity index (χ1) is 11.9. The summed E-state index contributed by atoms with van der Waals surface area (Å²) in [7, 11) is 0. The fourth-order valence-electron chi connectivity index (χ4n) is 2.29. The van der Waals surface area contributed by atoms with Gasteiger partial charge in [0.2, 0.25) is 5.91 Å². The predicted molar refractivity (Wildman–Crippen MR) is 96.9 cm³/mol. The van der Waals surface area contributed by atoms with E-state index in [9.17, 15) is 13.6 Å². The summed E-state index contributed by atoms with van der Waals surface area (Å²) in [6.45, 7) is 0.810. The number of benzene rings is 2. The van der Waals surface area contributed by atoms with E-state index in [1.165, 1.54) is 12.1 Å². The molecular formula is C18H19BrF2N2O2. The van der Waals surface area contributed by atoms with Crippen molar-refractivity contribution >= 4 is 27.5 Å². The van der Waals surface area contributed by atoms with Crippen LogP contribution in [0.1, 0.15) is 25.5 Å². The second-order valence-corrected chi connectivity index (χ2v) is 6.38. The minimum atomic E-state index is -2.84. The van der Waals surface area contributed by atoms with E-state index in [2.05, 4.69) is 31.3 Å². The Bertz CT molecular complexity index is 710. The molecule has 0 aliphatic carbocycles. The average Bonchev–Trinajstić information content (AvgIpc) is 2.56. The summed E-state index contributed by atoms with van der Waals surface area (Å²) in [5, 5.41) is 6.03. The van der Waals surface area contributed by atoms with Gasteiger partial charge in [0, 0.05) is 10.5 Å². The standard InChI is InChI=1S/C18H19BrF2N2O2/c1-11(13-7-9-14(10-8-13)25-18(20)21)22-12(2)17(24)23-16-6-4-3-5-15(16)19/h3-12,18,22H,1-2H3,(H,23,24). The fourth-order valence-corrected chi connectivity index (χ4v) is 2.67. The minimum absolute atomic E-state index is 0.102. The Morgan fingerprint density at radius 3 is 2.32 bits per heavy atom. The quantitative estimate of drug-likeness (QED) is 0.690. The van der Waals surface area contributed by atoms with Gasteiger partial charge in [-0.1, -0.05) is 24.3 Å². The Hall–Kier alpha value is -1.99. The SMILES string of the molecule is CC(NC(C)c1ccc(OC(F)F)cc1)C(=O)Nc1ccccc1Br. The number of hydrogen-bond acceptors (Lipinski definition) is 3. The van der Waals surface area contributed by atoms with E-state index in [-0.39, 0.29) is 17.7 Å². The topological polar surface area (TPSA) is 50.4 Å². The van der Waals surface area contributed by atoms with Gasteiger partial charge in [0.15, 0.2) is 0 Å². The lowest BCUT2D eigenvalue weighted by atomic mass is 10.1. The Labute approximate surface area is 153 Å². The van der Waals surface area contributed by atoms with Gasteiger partial charge >= 0.3 is 6.61 Å². The second kappa shape index (κ2) is 8.92. The molecule has 0 aliphatic heterocycles. The van der Waals surface area contributed by atoms with E-state index in [0.717, 1.165) is 10.0 Å². The summed E-state index contributed by atoms with van der Waals surface area (Å²) < 4.78 is 29.5. The van der Waals surface area contributed by atoms with Gasteiger partial charge in [0.05, 0.1) is 11.7 Å². The number of nitrogens with one attached hydrogen (secondary N) is 2. The van der Waals surface area contributed by atoms with Gasteiger partial charge in [0.25, 0.3) is 0 Å². The molecule has 0 radical (unpaired) electrons. The van der Waals surface area contributed by atoms with Crippen LogP contribution in [0.3, 0.4) is 0 Å². The Balaban J connectivity index is 1.93. The molecule has 2 rings (SSSR count). The van der Waals surface area contributed by atoms with E-state index >= 15 is 0 Å². The van der Waals surface area contributed by atoms with E-state index in [0.29, 0.717) is 5.69 Å². The molecule has 4 nitrogen and oxygen atoms in total. The lowest BCUT2D eigenvalue weighted by molar-refractivity contribution is -0.117. The van der Waals surface area contributed by atoms with Gasteiger partial charge in [-0.05, 0) is 59.6 Å². The third kappa shape index (κ3) is 5.79. The number of anilines is 1.